The fourth-order valence-electron chi connectivity index (χ4n) is 2.24. The molecule has 3 nitrogen and oxygen atoms in total. The van der Waals surface area contributed by atoms with Crippen molar-refractivity contribution >= 4 is 27.3 Å². The molecule has 0 spiro atoms. The largest absolute Gasteiger partial charge is 0.316 e. The van der Waals surface area contributed by atoms with Gasteiger partial charge in [0.25, 0.3) is 0 Å². The van der Waals surface area contributed by atoms with E-state index in [1.807, 2.05) is 18.8 Å². The molecular formula is C14H20BrN3S. The zero-order valence-corrected chi connectivity index (χ0v) is 14.0. The third-order valence-corrected chi connectivity index (χ3v) is 5.06. The first-order chi connectivity index (χ1) is 9.15. The van der Waals surface area contributed by atoms with Gasteiger partial charge in [0, 0.05) is 19.5 Å². The molecule has 0 aromatic carbocycles. The summed E-state index contributed by atoms with van der Waals surface area (Å²) in [5.74, 6) is 0. The van der Waals surface area contributed by atoms with E-state index in [0.29, 0.717) is 6.04 Å². The molecule has 1 atom stereocenters. The van der Waals surface area contributed by atoms with Crippen molar-refractivity contribution in [1.29, 1.82) is 0 Å². The van der Waals surface area contributed by atoms with Crippen molar-refractivity contribution in [2.75, 3.05) is 7.05 Å². The topological polar surface area (TPSA) is 29.9 Å². The molecule has 104 valence electrons. The van der Waals surface area contributed by atoms with Gasteiger partial charge in [0.1, 0.15) is 0 Å². The smallest absolute Gasteiger partial charge is 0.0766 e. The van der Waals surface area contributed by atoms with Crippen molar-refractivity contribution in [3.63, 3.8) is 0 Å². The number of nitrogens with zero attached hydrogens (tertiary/aromatic N) is 2. The Kier molecular flexibility index (Phi) is 5.19. The molecule has 2 aromatic heterocycles. The lowest BCUT2D eigenvalue weighted by Gasteiger charge is -2.16. The Bertz CT molecular complexity index is 519. The minimum Gasteiger partial charge on any atom is -0.316 e. The number of halogens is 1. The van der Waals surface area contributed by atoms with Crippen LogP contribution in [0.4, 0.5) is 0 Å². The summed E-state index contributed by atoms with van der Waals surface area (Å²) in [5, 5.41) is 12.3. The lowest BCUT2D eigenvalue weighted by atomic mass is 10.0. The maximum Gasteiger partial charge on any atom is 0.0766 e. The summed E-state index contributed by atoms with van der Waals surface area (Å²) in [7, 11) is 4.05. The minimum absolute atomic E-state index is 0.436. The highest BCUT2D eigenvalue weighted by atomic mass is 79.9. The van der Waals surface area contributed by atoms with Crippen LogP contribution in [-0.2, 0) is 26.3 Å². The molecule has 0 radical (unpaired) electrons. The van der Waals surface area contributed by atoms with Gasteiger partial charge in [-0.25, -0.2) is 0 Å². The molecule has 0 aliphatic carbocycles. The average molecular weight is 342 g/mol. The number of likely N-dealkylation sites (N-methyl/N-ethyl adjacent to an activating group) is 1. The van der Waals surface area contributed by atoms with E-state index in [0.717, 1.165) is 25.0 Å². The van der Waals surface area contributed by atoms with Crippen molar-refractivity contribution in [2.24, 2.45) is 7.05 Å². The van der Waals surface area contributed by atoms with Crippen molar-refractivity contribution in [3.8, 4) is 0 Å². The number of nitrogens with one attached hydrogen (secondary N) is 1. The molecule has 2 rings (SSSR count). The van der Waals surface area contributed by atoms with E-state index < -0.39 is 0 Å². The number of hydrogen-bond acceptors (Lipinski definition) is 3. The van der Waals surface area contributed by atoms with E-state index in [2.05, 4.69) is 50.1 Å². The summed E-state index contributed by atoms with van der Waals surface area (Å²) in [5.41, 5.74) is 3.81. The highest BCUT2D eigenvalue weighted by Crippen LogP contribution is 2.23. The molecule has 0 saturated carbocycles. The number of aromatic nitrogens is 2. The van der Waals surface area contributed by atoms with Crippen LogP contribution in [0, 0.1) is 0 Å². The minimum atomic E-state index is 0.436. The van der Waals surface area contributed by atoms with Crippen LogP contribution >= 0.6 is 27.3 Å². The molecule has 5 heteroatoms. The van der Waals surface area contributed by atoms with Gasteiger partial charge in [0.2, 0.25) is 0 Å². The lowest BCUT2D eigenvalue weighted by Crippen LogP contribution is -2.30. The second kappa shape index (κ2) is 6.68. The molecule has 1 N–H and O–H groups in total. The predicted octanol–water partition coefficient (Wildman–Crippen LogP) is 3.18. The van der Waals surface area contributed by atoms with E-state index in [4.69, 9.17) is 0 Å². The second-order valence-corrected chi connectivity index (χ2v) is 6.28. The van der Waals surface area contributed by atoms with Crippen molar-refractivity contribution in [3.05, 3.63) is 38.3 Å². The Morgan fingerprint density at radius 2 is 2.26 bits per heavy atom. The molecule has 0 fully saturated rings. The average Bonchev–Trinajstić information content (AvgIpc) is 3.00. The summed E-state index contributed by atoms with van der Waals surface area (Å²) in [6.45, 7) is 2.14. The van der Waals surface area contributed by atoms with Crippen LogP contribution in [-0.4, -0.2) is 22.9 Å². The van der Waals surface area contributed by atoms with E-state index in [1.165, 1.54) is 15.7 Å². The lowest BCUT2D eigenvalue weighted by molar-refractivity contribution is 0.533. The van der Waals surface area contributed by atoms with Crippen LogP contribution in [0.3, 0.4) is 0 Å². The van der Waals surface area contributed by atoms with Crippen LogP contribution < -0.4 is 5.32 Å². The van der Waals surface area contributed by atoms with Crippen LogP contribution in [0.5, 0.6) is 0 Å². The molecule has 2 aromatic rings. The monoisotopic (exact) mass is 341 g/mol. The van der Waals surface area contributed by atoms with Gasteiger partial charge in [-0.15, -0.1) is 0 Å². The predicted molar refractivity (Wildman–Crippen MR) is 84.9 cm³/mol. The Hall–Kier alpha value is -0.650. The van der Waals surface area contributed by atoms with Gasteiger partial charge in [-0.3, -0.25) is 4.68 Å². The summed E-state index contributed by atoms with van der Waals surface area (Å²) in [6, 6.07) is 2.64. The molecule has 0 aliphatic rings. The van der Waals surface area contributed by atoms with Gasteiger partial charge in [-0.2, -0.15) is 16.4 Å². The fourth-order valence-corrected chi connectivity index (χ4v) is 3.70. The maximum atomic E-state index is 4.56. The number of aryl methyl sites for hydroxylation is 2. The summed E-state index contributed by atoms with van der Waals surface area (Å²) < 4.78 is 3.17. The van der Waals surface area contributed by atoms with E-state index >= 15 is 0 Å². The molecular weight excluding hydrogens is 322 g/mol. The van der Waals surface area contributed by atoms with Crippen LogP contribution in [0.15, 0.2) is 21.3 Å². The Morgan fingerprint density at radius 3 is 2.79 bits per heavy atom. The highest BCUT2D eigenvalue weighted by molar-refractivity contribution is 9.10. The summed E-state index contributed by atoms with van der Waals surface area (Å²) in [6.07, 6.45) is 3.00. The van der Waals surface area contributed by atoms with Gasteiger partial charge in [-0.1, -0.05) is 6.92 Å². The van der Waals surface area contributed by atoms with Gasteiger partial charge < -0.3 is 5.32 Å². The van der Waals surface area contributed by atoms with E-state index in [9.17, 15) is 0 Å². The highest BCUT2D eigenvalue weighted by Gasteiger charge is 2.17. The van der Waals surface area contributed by atoms with E-state index in [-0.39, 0.29) is 0 Å². The normalized spacial score (nSPS) is 12.8. The Labute approximate surface area is 127 Å². The van der Waals surface area contributed by atoms with Crippen molar-refractivity contribution in [1.82, 2.24) is 15.1 Å². The third kappa shape index (κ3) is 3.46. The molecule has 0 bridgehead atoms. The van der Waals surface area contributed by atoms with Crippen LogP contribution in [0.1, 0.15) is 23.9 Å². The molecule has 2 heterocycles. The fraction of sp³-hybridized carbons (Fsp3) is 0.500. The summed E-state index contributed by atoms with van der Waals surface area (Å²) >= 11 is 5.45. The summed E-state index contributed by atoms with van der Waals surface area (Å²) in [4.78, 5) is 0. The van der Waals surface area contributed by atoms with Crippen molar-refractivity contribution in [2.45, 2.75) is 32.2 Å². The molecule has 19 heavy (non-hydrogen) atoms. The second-order valence-electron chi connectivity index (χ2n) is 4.71. The molecule has 1 unspecified atom stereocenters. The zero-order chi connectivity index (χ0) is 13.8. The first-order valence-corrected chi connectivity index (χ1v) is 8.27. The van der Waals surface area contributed by atoms with Gasteiger partial charge >= 0.3 is 0 Å². The molecule has 0 aliphatic heterocycles. The zero-order valence-electron chi connectivity index (χ0n) is 11.6. The van der Waals surface area contributed by atoms with Crippen molar-refractivity contribution < 1.29 is 0 Å². The first kappa shape index (κ1) is 14.8. The first-order valence-electron chi connectivity index (χ1n) is 6.54. The standard InChI is InChI=1S/C14H20BrN3S/c1-4-12-14(15)13(18(3)17-12)8-11(16-2)7-10-5-6-19-9-10/h5-6,9,11,16H,4,7-8H2,1-3H3. The number of thiophene rings is 1. The number of hydrogen-bond donors (Lipinski definition) is 1. The van der Waals surface area contributed by atoms with Gasteiger partial charge in [0.15, 0.2) is 0 Å². The number of rotatable bonds is 6. The van der Waals surface area contributed by atoms with Gasteiger partial charge in [-0.05, 0) is 58.2 Å². The Morgan fingerprint density at radius 1 is 1.47 bits per heavy atom. The quantitative estimate of drug-likeness (QED) is 0.874. The molecule has 0 amide bonds. The van der Waals surface area contributed by atoms with E-state index in [1.54, 1.807) is 11.3 Å². The van der Waals surface area contributed by atoms with Gasteiger partial charge in [0.05, 0.1) is 15.9 Å². The maximum absolute atomic E-state index is 4.56. The van der Waals surface area contributed by atoms with Crippen LogP contribution in [0.2, 0.25) is 0 Å². The third-order valence-electron chi connectivity index (χ3n) is 3.41. The SMILES string of the molecule is CCc1nn(C)c(CC(Cc2ccsc2)NC)c1Br. The van der Waals surface area contributed by atoms with Crippen LogP contribution in [0.25, 0.3) is 0 Å². The molecule has 0 saturated heterocycles. The Balaban J connectivity index is 2.12.